The van der Waals surface area contributed by atoms with Crippen LogP contribution in [0.25, 0.3) is 0 Å². The minimum Gasteiger partial charge on any atom is -0.450 e. The summed E-state index contributed by atoms with van der Waals surface area (Å²) in [5, 5.41) is 4.34. The zero-order valence-corrected chi connectivity index (χ0v) is 13.8. The lowest BCUT2D eigenvalue weighted by Crippen LogP contribution is -2.51. The quantitative estimate of drug-likeness (QED) is 0.831. The molecule has 1 aliphatic rings. The normalized spacial score (nSPS) is 15.1. The summed E-state index contributed by atoms with van der Waals surface area (Å²) in [5.74, 6) is 0.0858. The summed E-state index contributed by atoms with van der Waals surface area (Å²) in [5.41, 5.74) is 2.93. The van der Waals surface area contributed by atoms with E-state index in [0.717, 1.165) is 17.0 Å². The molecule has 1 aromatic rings. The highest BCUT2D eigenvalue weighted by Crippen LogP contribution is 2.14. The molecule has 0 saturated carbocycles. The number of amides is 2. The average molecular weight is 308 g/mol. The number of piperazine rings is 1. The lowest BCUT2D eigenvalue weighted by atomic mass is 10.1. The van der Waals surface area contributed by atoms with Crippen molar-refractivity contribution in [1.82, 2.24) is 19.6 Å². The smallest absolute Gasteiger partial charge is 0.409 e. The summed E-state index contributed by atoms with van der Waals surface area (Å²) in [7, 11) is 1.88. The Balaban J connectivity index is 1.91. The van der Waals surface area contributed by atoms with Gasteiger partial charge in [-0.2, -0.15) is 5.10 Å². The van der Waals surface area contributed by atoms with E-state index in [-0.39, 0.29) is 12.0 Å². The molecule has 2 rings (SSSR count). The third kappa shape index (κ3) is 3.40. The highest BCUT2D eigenvalue weighted by molar-refractivity contribution is 5.79. The van der Waals surface area contributed by atoms with Gasteiger partial charge in [-0.25, -0.2) is 4.79 Å². The van der Waals surface area contributed by atoms with Gasteiger partial charge < -0.3 is 14.5 Å². The Morgan fingerprint density at radius 3 is 2.23 bits per heavy atom. The number of rotatable bonds is 3. The van der Waals surface area contributed by atoms with E-state index in [1.165, 1.54) is 0 Å². The van der Waals surface area contributed by atoms with Gasteiger partial charge in [-0.1, -0.05) is 0 Å². The van der Waals surface area contributed by atoms with Crippen molar-refractivity contribution in [3.05, 3.63) is 17.0 Å². The third-order valence-corrected chi connectivity index (χ3v) is 4.15. The van der Waals surface area contributed by atoms with Gasteiger partial charge in [0.1, 0.15) is 0 Å². The fourth-order valence-electron chi connectivity index (χ4n) is 2.69. The van der Waals surface area contributed by atoms with Crippen LogP contribution in [0, 0.1) is 13.8 Å². The first kappa shape index (κ1) is 16.3. The highest BCUT2D eigenvalue weighted by Gasteiger charge is 2.25. The average Bonchev–Trinajstić information content (AvgIpc) is 2.74. The van der Waals surface area contributed by atoms with Gasteiger partial charge in [0.2, 0.25) is 5.91 Å². The summed E-state index contributed by atoms with van der Waals surface area (Å²) in [6.45, 7) is 8.21. The Labute approximate surface area is 130 Å². The molecule has 0 radical (unpaired) electrons. The van der Waals surface area contributed by atoms with Crippen LogP contribution in [0.2, 0.25) is 0 Å². The monoisotopic (exact) mass is 308 g/mol. The van der Waals surface area contributed by atoms with Crippen LogP contribution in [0.1, 0.15) is 23.9 Å². The van der Waals surface area contributed by atoms with E-state index >= 15 is 0 Å². The molecule has 0 N–H and O–H groups in total. The third-order valence-electron chi connectivity index (χ3n) is 4.15. The number of carbonyl (C=O) groups is 2. The molecule has 122 valence electrons. The first-order chi connectivity index (χ1) is 10.4. The van der Waals surface area contributed by atoms with Crippen molar-refractivity contribution < 1.29 is 14.3 Å². The van der Waals surface area contributed by atoms with Crippen molar-refractivity contribution in [2.45, 2.75) is 27.2 Å². The molecule has 1 aromatic heterocycles. The molecule has 2 heterocycles. The first-order valence-corrected chi connectivity index (χ1v) is 7.62. The van der Waals surface area contributed by atoms with Gasteiger partial charge in [0.15, 0.2) is 0 Å². The van der Waals surface area contributed by atoms with E-state index in [2.05, 4.69) is 5.10 Å². The number of hydrogen-bond donors (Lipinski definition) is 0. The van der Waals surface area contributed by atoms with Gasteiger partial charge in [0, 0.05) is 44.5 Å². The summed E-state index contributed by atoms with van der Waals surface area (Å²) >= 11 is 0. The van der Waals surface area contributed by atoms with Crippen LogP contribution in [0.4, 0.5) is 4.79 Å². The predicted octanol–water partition coefficient (Wildman–Crippen LogP) is 0.880. The molecule has 1 aliphatic heterocycles. The van der Waals surface area contributed by atoms with Crippen LogP contribution in [-0.2, 0) is 23.0 Å². The molecule has 1 fully saturated rings. The molecule has 7 heteroatoms. The lowest BCUT2D eigenvalue weighted by Gasteiger charge is -2.34. The standard InChI is InChI=1S/C15H24N4O3/c1-5-22-15(21)19-8-6-18(7-9-19)14(20)10-13-11(2)16-17(4)12(13)3/h5-10H2,1-4H3. The second-order valence-corrected chi connectivity index (χ2v) is 5.52. The number of nitrogens with zero attached hydrogens (tertiary/aromatic N) is 4. The van der Waals surface area contributed by atoms with E-state index in [0.29, 0.717) is 39.2 Å². The first-order valence-electron chi connectivity index (χ1n) is 7.62. The second kappa shape index (κ2) is 6.81. The summed E-state index contributed by atoms with van der Waals surface area (Å²) in [6.07, 6.45) is 0.0683. The number of carbonyl (C=O) groups excluding carboxylic acids is 2. The van der Waals surface area contributed by atoms with Crippen molar-refractivity contribution in [2.75, 3.05) is 32.8 Å². The zero-order valence-electron chi connectivity index (χ0n) is 13.8. The van der Waals surface area contributed by atoms with Gasteiger partial charge in [-0.3, -0.25) is 9.48 Å². The largest absolute Gasteiger partial charge is 0.450 e. The van der Waals surface area contributed by atoms with Crippen LogP contribution in [0.15, 0.2) is 0 Å². The van der Waals surface area contributed by atoms with Crippen molar-refractivity contribution in [2.24, 2.45) is 7.05 Å². The molecule has 7 nitrogen and oxygen atoms in total. The van der Waals surface area contributed by atoms with Crippen molar-refractivity contribution in [3.63, 3.8) is 0 Å². The van der Waals surface area contributed by atoms with Crippen LogP contribution < -0.4 is 0 Å². The molecule has 0 atom stereocenters. The Morgan fingerprint density at radius 1 is 1.14 bits per heavy atom. The zero-order chi connectivity index (χ0) is 16.3. The van der Waals surface area contributed by atoms with Crippen LogP contribution >= 0.6 is 0 Å². The predicted molar refractivity (Wildman–Crippen MR) is 81.6 cm³/mol. The van der Waals surface area contributed by atoms with Crippen LogP contribution in [-0.4, -0.2) is 64.4 Å². The molecule has 2 amide bonds. The van der Waals surface area contributed by atoms with E-state index in [9.17, 15) is 9.59 Å². The van der Waals surface area contributed by atoms with E-state index in [1.807, 2.05) is 25.8 Å². The van der Waals surface area contributed by atoms with Gasteiger partial charge in [0.05, 0.1) is 18.7 Å². The molecule has 0 aromatic carbocycles. The molecule has 0 aliphatic carbocycles. The minimum atomic E-state index is -0.298. The van der Waals surface area contributed by atoms with Crippen molar-refractivity contribution >= 4 is 12.0 Å². The van der Waals surface area contributed by atoms with E-state index in [4.69, 9.17) is 4.74 Å². The van der Waals surface area contributed by atoms with Crippen LogP contribution in [0.3, 0.4) is 0 Å². The van der Waals surface area contributed by atoms with Gasteiger partial charge in [0.25, 0.3) is 0 Å². The molecular formula is C15H24N4O3. The fourth-order valence-corrected chi connectivity index (χ4v) is 2.69. The fraction of sp³-hybridized carbons (Fsp3) is 0.667. The van der Waals surface area contributed by atoms with Crippen LogP contribution in [0.5, 0.6) is 0 Å². The number of aryl methyl sites for hydroxylation is 2. The lowest BCUT2D eigenvalue weighted by molar-refractivity contribution is -0.132. The number of ether oxygens (including phenoxy) is 1. The van der Waals surface area contributed by atoms with Crippen molar-refractivity contribution in [1.29, 1.82) is 0 Å². The molecule has 0 bridgehead atoms. The summed E-state index contributed by atoms with van der Waals surface area (Å²) < 4.78 is 6.78. The number of hydrogen-bond acceptors (Lipinski definition) is 4. The SMILES string of the molecule is CCOC(=O)N1CCN(C(=O)Cc2c(C)nn(C)c2C)CC1. The molecule has 0 spiro atoms. The maximum atomic E-state index is 12.4. The summed E-state index contributed by atoms with van der Waals surface area (Å²) in [6, 6.07) is 0. The Bertz CT molecular complexity index is 559. The summed E-state index contributed by atoms with van der Waals surface area (Å²) in [4.78, 5) is 27.5. The Hall–Kier alpha value is -2.05. The molecule has 22 heavy (non-hydrogen) atoms. The number of aromatic nitrogens is 2. The van der Waals surface area contributed by atoms with Crippen molar-refractivity contribution in [3.8, 4) is 0 Å². The molecule has 1 saturated heterocycles. The van der Waals surface area contributed by atoms with Gasteiger partial charge in [-0.05, 0) is 20.8 Å². The highest BCUT2D eigenvalue weighted by atomic mass is 16.6. The maximum absolute atomic E-state index is 12.4. The maximum Gasteiger partial charge on any atom is 0.409 e. The molecular weight excluding hydrogens is 284 g/mol. The Morgan fingerprint density at radius 2 is 1.73 bits per heavy atom. The Kier molecular flexibility index (Phi) is 5.05. The minimum absolute atomic E-state index is 0.0858. The second-order valence-electron chi connectivity index (χ2n) is 5.52. The van der Waals surface area contributed by atoms with E-state index < -0.39 is 0 Å². The van der Waals surface area contributed by atoms with E-state index in [1.54, 1.807) is 16.5 Å². The van der Waals surface area contributed by atoms with Gasteiger partial charge in [-0.15, -0.1) is 0 Å². The topological polar surface area (TPSA) is 67.7 Å². The van der Waals surface area contributed by atoms with Gasteiger partial charge >= 0.3 is 6.09 Å². The molecule has 0 unspecified atom stereocenters.